The maximum Gasteiger partial charge on any atom is 0.269 e. The fraction of sp³-hybridized carbons (Fsp3) is 0.375. The summed E-state index contributed by atoms with van der Waals surface area (Å²) in [6, 6.07) is 20.0. The number of halogens is 1. The minimum absolute atomic E-state index is 0.0702. The third-order valence-corrected chi connectivity index (χ3v) is 7.79. The number of hydrogen-bond donors (Lipinski definition) is 2. The van der Waals surface area contributed by atoms with E-state index in [0.29, 0.717) is 12.2 Å². The molecule has 1 heterocycles. The van der Waals surface area contributed by atoms with E-state index < -0.39 is 23.4 Å². The number of ether oxygens (including phenoxy) is 2. The van der Waals surface area contributed by atoms with Crippen molar-refractivity contribution in [1.82, 2.24) is 15.8 Å². The van der Waals surface area contributed by atoms with Gasteiger partial charge >= 0.3 is 0 Å². The Morgan fingerprint density at radius 3 is 2.33 bits per heavy atom. The summed E-state index contributed by atoms with van der Waals surface area (Å²) in [5, 5.41) is 0. The van der Waals surface area contributed by atoms with Crippen molar-refractivity contribution in [1.29, 1.82) is 0 Å². The molecule has 7 nitrogen and oxygen atoms in total. The van der Waals surface area contributed by atoms with Gasteiger partial charge in [0.05, 0.1) is 18.2 Å². The molecule has 1 saturated heterocycles. The minimum atomic E-state index is -0.642. The standard InChI is InChI=1S/C32H36FN3O4/c1-21(2)40-28-13-12-25(17-27(28)33)30(38)35-34-29(37)24-11-10-23-14-15-32(18-26(23)16-24)20-39-31(3,4)36(32)19-22-8-6-5-7-9-22/h5-13,16-17,21H,14-15,18-20H2,1-4H3,(H,34,37)(H,35,38)/t32-/m0/s1. The summed E-state index contributed by atoms with van der Waals surface area (Å²) >= 11 is 0. The van der Waals surface area contributed by atoms with E-state index in [2.05, 4.69) is 53.9 Å². The number of fused-ring (bicyclic) bond motifs is 1. The van der Waals surface area contributed by atoms with Gasteiger partial charge in [0.25, 0.3) is 11.8 Å². The van der Waals surface area contributed by atoms with Gasteiger partial charge in [-0.15, -0.1) is 0 Å². The molecule has 3 aromatic rings. The molecular formula is C32H36FN3O4. The molecule has 1 spiro atoms. The highest BCUT2D eigenvalue weighted by Gasteiger charge is 2.52. The molecule has 1 atom stereocenters. The lowest BCUT2D eigenvalue weighted by Crippen LogP contribution is -2.54. The van der Waals surface area contributed by atoms with E-state index >= 15 is 0 Å². The summed E-state index contributed by atoms with van der Waals surface area (Å²) in [4.78, 5) is 28.0. The van der Waals surface area contributed by atoms with Crippen LogP contribution in [0.1, 0.15) is 71.5 Å². The van der Waals surface area contributed by atoms with Crippen LogP contribution < -0.4 is 15.6 Å². The van der Waals surface area contributed by atoms with Crippen LogP contribution in [0.3, 0.4) is 0 Å². The zero-order valence-corrected chi connectivity index (χ0v) is 23.4. The number of carbonyl (C=O) groups excluding carboxylic acids is 2. The maximum atomic E-state index is 14.3. The highest BCUT2D eigenvalue weighted by molar-refractivity contribution is 5.99. The third kappa shape index (κ3) is 5.74. The SMILES string of the molecule is CC(C)Oc1ccc(C(=O)NNC(=O)c2ccc3c(c2)C[C@@]2(CC3)COC(C)(C)N2Cc2ccccc2)cc1F. The van der Waals surface area contributed by atoms with Crippen molar-refractivity contribution >= 4 is 11.8 Å². The first-order chi connectivity index (χ1) is 19.1. The Morgan fingerprint density at radius 1 is 0.975 bits per heavy atom. The Labute approximate surface area is 234 Å². The lowest BCUT2D eigenvalue weighted by Gasteiger charge is -2.45. The molecule has 0 radical (unpaired) electrons. The molecule has 40 heavy (non-hydrogen) atoms. The first-order valence-corrected chi connectivity index (χ1v) is 13.7. The molecule has 210 valence electrons. The van der Waals surface area contributed by atoms with E-state index in [1.54, 1.807) is 19.9 Å². The second kappa shape index (κ2) is 11.0. The third-order valence-electron chi connectivity index (χ3n) is 7.79. The Bertz CT molecular complexity index is 1410. The minimum Gasteiger partial charge on any atom is -0.488 e. The first kappa shape index (κ1) is 27.8. The van der Waals surface area contributed by atoms with Crippen molar-refractivity contribution in [2.24, 2.45) is 0 Å². The second-order valence-corrected chi connectivity index (χ2v) is 11.4. The summed E-state index contributed by atoms with van der Waals surface area (Å²) in [6.07, 6.45) is 2.42. The molecule has 8 heteroatoms. The van der Waals surface area contributed by atoms with Gasteiger partial charge in [-0.25, -0.2) is 4.39 Å². The second-order valence-electron chi connectivity index (χ2n) is 11.4. The number of hydrazine groups is 1. The molecule has 0 bridgehead atoms. The summed E-state index contributed by atoms with van der Waals surface area (Å²) < 4.78 is 26.0. The Kier molecular flexibility index (Phi) is 7.66. The van der Waals surface area contributed by atoms with Gasteiger partial charge in [-0.1, -0.05) is 36.4 Å². The zero-order chi connectivity index (χ0) is 28.5. The van der Waals surface area contributed by atoms with E-state index in [1.165, 1.54) is 23.3 Å². The van der Waals surface area contributed by atoms with Gasteiger partial charge in [0.15, 0.2) is 11.6 Å². The van der Waals surface area contributed by atoms with Crippen molar-refractivity contribution < 1.29 is 23.5 Å². The molecular weight excluding hydrogens is 509 g/mol. The van der Waals surface area contributed by atoms with Crippen LogP contribution in [0.2, 0.25) is 0 Å². The quantitative estimate of drug-likeness (QED) is 0.417. The number of nitrogens with zero attached hydrogens (tertiary/aromatic N) is 1. The van der Waals surface area contributed by atoms with Crippen LogP contribution in [0.5, 0.6) is 5.75 Å². The van der Waals surface area contributed by atoms with Crippen molar-refractivity contribution in [2.45, 2.75) is 70.9 Å². The largest absolute Gasteiger partial charge is 0.488 e. The molecule has 5 rings (SSSR count). The van der Waals surface area contributed by atoms with Crippen LogP contribution in [0.15, 0.2) is 66.7 Å². The molecule has 3 aromatic carbocycles. The van der Waals surface area contributed by atoms with Gasteiger partial charge in [-0.05, 0) is 94.0 Å². The molecule has 1 fully saturated rings. The van der Waals surface area contributed by atoms with E-state index in [0.717, 1.165) is 37.4 Å². The number of hydrogen-bond acceptors (Lipinski definition) is 5. The molecule has 2 aliphatic rings. The van der Waals surface area contributed by atoms with Gasteiger partial charge in [0, 0.05) is 17.7 Å². The number of carbonyl (C=O) groups is 2. The van der Waals surface area contributed by atoms with Gasteiger partial charge in [-0.3, -0.25) is 25.3 Å². The van der Waals surface area contributed by atoms with E-state index in [1.807, 2.05) is 18.2 Å². The summed E-state index contributed by atoms with van der Waals surface area (Å²) in [5.41, 5.74) is 8.32. The van der Waals surface area contributed by atoms with Crippen molar-refractivity contribution in [3.63, 3.8) is 0 Å². The lowest BCUT2D eigenvalue weighted by atomic mass is 9.76. The summed E-state index contributed by atoms with van der Waals surface area (Å²) in [7, 11) is 0. The average molecular weight is 546 g/mol. The Hall–Kier alpha value is -3.75. The number of rotatable bonds is 6. The summed E-state index contributed by atoms with van der Waals surface area (Å²) in [5.74, 6) is -1.64. The zero-order valence-electron chi connectivity index (χ0n) is 23.4. The van der Waals surface area contributed by atoms with Crippen LogP contribution in [0, 0.1) is 5.82 Å². The number of aryl methyl sites for hydroxylation is 1. The maximum absolute atomic E-state index is 14.3. The molecule has 2 amide bonds. The highest BCUT2D eigenvalue weighted by Crippen LogP contribution is 2.44. The summed E-state index contributed by atoms with van der Waals surface area (Å²) in [6.45, 7) is 9.21. The van der Waals surface area contributed by atoms with Crippen molar-refractivity contribution in [3.05, 3.63) is 100 Å². The normalized spacial score (nSPS) is 19.9. The van der Waals surface area contributed by atoms with Gasteiger partial charge in [0.2, 0.25) is 0 Å². The Morgan fingerprint density at radius 2 is 1.65 bits per heavy atom. The Balaban J connectivity index is 1.28. The van der Waals surface area contributed by atoms with Crippen LogP contribution in [-0.4, -0.2) is 40.7 Å². The van der Waals surface area contributed by atoms with E-state index in [9.17, 15) is 14.0 Å². The fourth-order valence-electron chi connectivity index (χ4n) is 5.75. The average Bonchev–Trinajstić information content (AvgIpc) is 3.17. The lowest BCUT2D eigenvalue weighted by molar-refractivity contribution is -0.0673. The van der Waals surface area contributed by atoms with Crippen LogP contribution >= 0.6 is 0 Å². The molecule has 1 aliphatic heterocycles. The van der Waals surface area contributed by atoms with E-state index in [4.69, 9.17) is 9.47 Å². The van der Waals surface area contributed by atoms with Crippen LogP contribution in [-0.2, 0) is 24.1 Å². The van der Waals surface area contributed by atoms with Gasteiger partial charge in [0.1, 0.15) is 5.72 Å². The highest BCUT2D eigenvalue weighted by atomic mass is 19.1. The van der Waals surface area contributed by atoms with Gasteiger partial charge < -0.3 is 9.47 Å². The van der Waals surface area contributed by atoms with Crippen molar-refractivity contribution in [2.75, 3.05) is 6.61 Å². The number of amides is 2. The molecule has 0 aromatic heterocycles. The van der Waals surface area contributed by atoms with Crippen molar-refractivity contribution in [3.8, 4) is 5.75 Å². The van der Waals surface area contributed by atoms with Crippen LogP contribution in [0.25, 0.3) is 0 Å². The first-order valence-electron chi connectivity index (χ1n) is 13.7. The number of nitrogens with one attached hydrogen (secondary N) is 2. The predicted molar refractivity (Wildman–Crippen MR) is 150 cm³/mol. The van der Waals surface area contributed by atoms with E-state index in [-0.39, 0.29) is 23.0 Å². The molecule has 0 unspecified atom stereocenters. The molecule has 0 saturated carbocycles. The topological polar surface area (TPSA) is 79.9 Å². The predicted octanol–water partition coefficient (Wildman–Crippen LogP) is 5.18. The van der Waals surface area contributed by atoms with Crippen LogP contribution in [0.4, 0.5) is 4.39 Å². The molecule has 1 aliphatic carbocycles. The smallest absolute Gasteiger partial charge is 0.269 e. The monoisotopic (exact) mass is 545 g/mol. The number of benzene rings is 3. The molecule has 2 N–H and O–H groups in total. The van der Waals surface area contributed by atoms with Gasteiger partial charge in [-0.2, -0.15) is 0 Å². The fourth-order valence-corrected chi connectivity index (χ4v) is 5.75.